The zero-order chi connectivity index (χ0) is 87.2. The van der Waals surface area contributed by atoms with Gasteiger partial charge in [-0.1, -0.05) is 36.4 Å². The summed E-state index contributed by atoms with van der Waals surface area (Å²) >= 11 is 5.92. The molecule has 18 heterocycles. The molecule has 7 fully saturated rings. The van der Waals surface area contributed by atoms with E-state index in [1.54, 1.807) is 49.6 Å². The van der Waals surface area contributed by atoms with Crippen molar-refractivity contribution >= 4 is 132 Å². The number of morpholine rings is 2. The number of ether oxygens (including phenoxy) is 3. The number of rotatable bonds is 20. The Morgan fingerprint density at radius 3 is 1.17 bits per heavy atom. The highest BCUT2D eigenvalue weighted by atomic mass is 32.1. The number of likely N-dealkylation sites (N-methyl/N-ethyl adjacent to an activating group) is 1. The van der Waals surface area contributed by atoms with Gasteiger partial charge in [0.25, 0.3) is 23.6 Å². The average molecular weight is 1800 g/mol. The van der Waals surface area contributed by atoms with Gasteiger partial charge in [-0.2, -0.15) is 0 Å². The minimum Gasteiger partial charge on any atom is -0.490 e. The molecule has 7 saturated heterocycles. The fraction of sp³-hybridized carbons (Fsp3) is 0.340. The summed E-state index contributed by atoms with van der Waals surface area (Å²) in [6.45, 7) is 27.9. The van der Waals surface area contributed by atoms with Crippen LogP contribution in [0.1, 0.15) is 44.3 Å². The van der Waals surface area contributed by atoms with Crippen LogP contribution in [0.25, 0.3) is 41.9 Å². The molecule has 0 bridgehead atoms. The second-order valence-electron chi connectivity index (χ2n) is 31.7. The molecule has 0 unspecified atom stereocenters. The second-order valence-corrected chi connectivity index (χ2v) is 36.0. The van der Waals surface area contributed by atoms with Crippen molar-refractivity contribution < 1.29 is 33.4 Å². The first kappa shape index (κ1) is 88.1. The van der Waals surface area contributed by atoms with E-state index in [4.69, 9.17) is 19.2 Å². The van der Waals surface area contributed by atoms with Crippen molar-refractivity contribution in [2.75, 3.05) is 259 Å². The third-order valence-electron chi connectivity index (χ3n) is 23.2. The summed E-state index contributed by atoms with van der Waals surface area (Å²) in [7, 11) is 2.07. The summed E-state index contributed by atoms with van der Waals surface area (Å²) in [5.74, 6) is 2.38. The normalized spacial score (nSPS) is 16.6. The van der Waals surface area contributed by atoms with Gasteiger partial charge < -0.3 is 96.4 Å². The Balaban J connectivity index is 0.000000120. The molecule has 664 valence electrons. The van der Waals surface area contributed by atoms with Crippen LogP contribution in [0, 0.1) is 0 Å². The molecule has 8 aliphatic heterocycles. The largest absolute Gasteiger partial charge is 0.490 e. The van der Waals surface area contributed by atoms with Gasteiger partial charge in [-0.05, 0) is 126 Å². The van der Waals surface area contributed by atoms with Gasteiger partial charge in [0.15, 0.2) is 0 Å². The highest BCUT2D eigenvalue weighted by Crippen LogP contribution is 2.40. The Morgan fingerprint density at radius 2 is 0.734 bits per heavy atom. The third kappa shape index (κ3) is 22.8. The lowest BCUT2D eigenvalue weighted by Crippen LogP contribution is -2.43. The number of piperazine rings is 5. The highest BCUT2D eigenvalue weighted by Gasteiger charge is 2.26. The van der Waals surface area contributed by atoms with E-state index in [2.05, 4.69) is 174 Å². The van der Waals surface area contributed by atoms with E-state index in [0.29, 0.717) is 26.1 Å². The molecule has 20 rings (SSSR count). The summed E-state index contributed by atoms with van der Waals surface area (Å²) in [4.78, 5) is 103. The summed E-state index contributed by atoms with van der Waals surface area (Å²) in [6.07, 6.45) is 15.9. The molecule has 9 N–H and O–H groups in total. The van der Waals surface area contributed by atoms with Gasteiger partial charge in [0.1, 0.15) is 24.0 Å². The smallest absolute Gasteiger partial charge is 0.265 e. The third-order valence-corrected chi connectivity index (χ3v) is 27.7. The number of benzene rings is 2. The number of aromatic nitrogens is 6. The number of fused-ring (bicyclic) bond motifs is 1. The Morgan fingerprint density at radius 1 is 0.352 bits per heavy atom. The van der Waals surface area contributed by atoms with E-state index < -0.39 is 0 Å². The van der Waals surface area contributed by atoms with Gasteiger partial charge in [0, 0.05) is 222 Å². The lowest BCUT2D eigenvalue weighted by Gasteiger charge is -2.30. The number of pyridine rings is 6. The first-order valence-electron chi connectivity index (χ1n) is 43.8. The van der Waals surface area contributed by atoms with Crippen LogP contribution in [0.15, 0.2) is 201 Å². The maximum absolute atomic E-state index is 13.0. The predicted octanol–water partition coefficient (Wildman–Crippen LogP) is 11.6. The maximum Gasteiger partial charge on any atom is 0.265 e. The molecule has 0 radical (unpaired) electrons. The number of amides is 4. The first-order chi connectivity index (χ1) is 63.0. The van der Waals surface area contributed by atoms with Crippen molar-refractivity contribution in [2.45, 2.75) is 6.54 Å². The molecule has 34 heteroatoms. The molecule has 128 heavy (non-hydrogen) atoms. The van der Waals surface area contributed by atoms with Crippen LogP contribution in [0.2, 0.25) is 0 Å². The SMILES string of the molecule is CN1CCOc2cc(-c3ccc(C(=O)Nc4cnccc4N4CCNCC4)s3)ccc21.O=C(Nc1cnccc1N1CCNCC1)c1ccc(-c2ccc(CN3CCOCC3)cc2)s1.O=C(Nc1cnccc1N1CCNCC1)c1ccc(-c2ccc(N3CCOCC3)nc2)s1.O=C(Nc1cnccc1N1CCNCC1)c1ccc(-c2cccc(N3CCNCC3)n2)s1. The number of carbonyl (C=O) groups is 4. The Kier molecular flexibility index (Phi) is 30.1. The van der Waals surface area contributed by atoms with E-state index in [9.17, 15) is 19.2 Å². The predicted molar refractivity (Wildman–Crippen MR) is 517 cm³/mol. The fourth-order valence-electron chi connectivity index (χ4n) is 16.3. The first-order valence-corrected chi connectivity index (χ1v) is 47.1. The number of hydrogen-bond acceptors (Lipinski definition) is 30. The fourth-order valence-corrected chi connectivity index (χ4v) is 19.9. The quantitative estimate of drug-likeness (QED) is 0.0342. The maximum atomic E-state index is 13.0. The molecule has 4 amide bonds. The van der Waals surface area contributed by atoms with Crippen LogP contribution < -0.4 is 86.9 Å². The topological polar surface area (TPSA) is 307 Å². The van der Waals surface area contributed by atoms with Crippen LogP contribution in [0.5, 0.6) is 5.75 Å². The monoisotopic (exact) mass is 1800 g/mol. The average Bonchev–Trinajstić information content (AvgIpc) is 1.49. The number of carbonyl (C=O) groups excluding carboxylic acids is 4. The van der Waals surface area contributed by atoms with Crippen LogP contribution in [0.4, 0.5) is 62.8 Å². The molecule has 0 atom stereocenters. The van der Waals surface area contributed by atoms with E-state index >= 15 is 0 Å². The number of nitrogens with zero attached hydrogens (tertiary/aromatic N) is 14. The molecule has 2 aromatic carbocycles. The summed E-state index contributed by atoms with van der Waals surface area (Å²) in [5.41, 5.74) is 13.5. The molecular formula is C94H107N23O7S4. The van der Waals surface area contributed by atoms with Crippen LogP contribution in [-0.4, -0.2) is 262 Å². The Labute approximate surface area is 761 Å². The van der Waals surface area contributed by atoms with Crippen LogP contribution in [-0.2, 0) is 16.0 Å². The number of hydrogen-bond donors (Lipinski definition) is 9. The van der Waals surface area contributed by atoms with Gasteiger partial charge in [-0.25, -0.2) is 9.97 Å². The molecule has 0 aliphatic carbocycles. The number of anilines is 11. The molecular weight excluding hydrogens is 1690 g/mol. The molecule has 12 aromatic rings. The number of nitrogens with one attached hydrogen (secondary N) is 9. The Bertz CT molecular complexity index is 5680. The van der Waals surface area contributed by atoms with Crippen molar-refractivity contribution in [1.29, 1.82) is 0 Å². The van der Waals surface area contributed by atoms with Crippen LogP contribution in [0.3, 0.4) is 0 Å². The number of thiophene rings is 4. The van der Waals surface area contributed by atoms with E-state index in [1.807, 2.05) is 97.2 Å². The van der Waals surface area contributed by atoms with E-state index in [0.717, 1.165) is 307 Å². The minimum atomic E-state index is -0.122. The standard InChI is InChI=1S/C25H29N5O2S.C23H27N7OS.C23H26N6O2S.C23H25N5O2S/c31-25(28-21-17-27-8-7-22(21)30-11-9-26-10-12-30)24-6-5-23(33-24)20-3-1-19(2-4-20)18-29-13-15-32-16-14-29;31-23(28-18-16-26-7-6-19(18)29-12-8-24-9-13-29)21-5-4-20(32-21)17-2-1-3-22(27-17)30-14-10-25-11-15-30;30-23(27-18-16-25-6-5-19(18)28-9-7-24-8-10-28)21-3-2-20(32-21)17-1-4-22(26-15-17)29-11-13-31-14-12-29;1-27-12-13-30-20-14-16(2-3-19(20)27)21-4-5-22(31-21)23(29)26-17-15-25-7-6-18(17)28-10-8-24-9-11-28/h1-8,17,26H,9-16,18H2,(H,28,31);1-7,16,24-25H,8-15H2,(H,28,31);1-6,15-16,24H,7-14H2,(H,27,30);2-7,14-15,24H,8-13H2,1H3,(H,26,29). The molecule has 10 aromatic heterocycles. The van der Waals surface area contributed by atoms with Crippen molar-refractivity contribution in [3.05, 3.63) is 226 Å². The van der Waals surface area contributed by atoms with Gasteiger partial charge >= 0.3 is 0 Å². The second kappa shape index (κ2) is 43.7. The van der Waals surface area contributed by atoms with Crippen molar-refractivity contribution in [2.24, 2.45) is 0 Å². The molecule has 30 nitrogen and oxygen atoms in total. The van der Waals surface area contributed by atoms with Gasteiger partial charge in [0.2, 0.25) is 0 Å². The van der Waals surface area contributed by atoms with E-state index in [-0.39, 0.29) is 23.6 Å². The molecule has 0 saturated carbocycles. The van der Waals surface area contributed by atoms with Crippen molar-refractivity contribution in [3.8, 4) is 47.6 Å². The van der Waals surface area contributed by atoms with Crippen molar-refractivity contribution in [3.63, 3.8) is 0 Å². The zero-order valence-electron chi connectivity index (χ0n) is 71.7. The molecule has 8 aliphatic rings. The lowest BCUT2D eigenvalue weighted by atomic mass is 10.1. The lowest BCUT2D eigenvalue weighted by molar-refractivity contribution is 0.0342. The summed E-state index contributed by atoms with van der Waals surface area (Å²) < 4.78 is 16.7. The van der Waals surface area contributed by atoms with Gasteiger partial charge in [0.05, 0.1) is 139 Å². The van der Waals surface area contributed by atoms with Crippen LogP contribution >= 0.6 is 45.3 Å². The highest BCUT2D eigenvalue weighted by molar-refractivity contribution is 7.18. The molecule has 0 spiro atoms. The van der Waals surface area contributed by atoms with E-state index in [1.165, 1.54) is 50.9 Å². The summed E-state index contributed by atoms with van der Waals surface area (Å²) in [5, 5.41) is 29.1. The van der Waals surface area contributed by atoms with Gasteiger partial charge in [-0.3, -0.25) is 44.0 Å². The zero-order valence-corrected chi connectivity index (χ0v) is 75.0. The minimum absolute atomic E-state index is 0.0976. The Hall–Kier alpha value is -11.9. The van der Waals surface area contributed by atoms with Gasteiger partial charge in [-0.15, -0.1) is 45.3 Å². The summed E-state index contributed by atoms with van der Waals surface area (Å²) in [6, 6.07) is 48.4. The van der Waals surface area contributed by atoms with Crippen molar-refractivity contribution in [1.82, 2.24) is 61.4 Å².